The van der Waals surface area contributed by atoms with E-state index in [1.54, 1.807) is 0 Å². The van der Waals surface area contributed by atoms with E-state index in [1.807, 2.05) is 31.3 Å². The van der Waals surface area contributed by atoms with Gasteiger partial charge in [0.05, 0.1) is 5.69 Å². The van der Waals surface area contributed by atoms with E-state index in [-0.39, 0.29) is 5.41 Å². The molecule has 0 radical (unpaired) electrons. The molecule has 0 aromatic carbocycles. The monoisotopic (exact) mass is 270 g/mol. The van der Waals surface area contributed by atoms with Gasteiger partial charge in [0.2, 0.25) is 0 Å². The Bertz CT molecular complexity index is 582. The van der Waals surface area contributed by atoms with Gasteiger partial charge in [-0.25, -0.2) is 9.97 Å². The zero-order valence-electron chi connectivity index (χ0n) is 12.9. The molecule has 0 aliphatic heterocycles. The van der Waals surface area contributed by atoms with Gasteiger partial charge in [-0.2, -0.15) is 0 Å². The molecule has 20 heavy (non-hydrogen) atoms. The molecule has 4 heteroatoms. The molecule has 0 aliphatic carbocycles. The highest BCUT2D eigenvalue weighted by Gasteiger charge is 2.18. The largest absolute Gasteiger partial charge is 0.370 e. The van der Waals surface area contributed by atoms with Crippen LogP contribution in [0.25, 0.3) is 11.4 Å². The van der Waals surface area contributed by atoms with Crippen molar-refractivity contribution >= 4 is 5.82 Å². The van der Waals surface area contributed by atoms with Crippen molar-refractivity contribution in [1.82, 2.24) is 15.0 Å². The number of hydrogen-bond donors (Lipinski definition) is 1. The SMILES string of the molecule is CCNc1cc(C(C)(C)C)nc(-c2ccc(C)nc2)n1. The Labute approximate surface area is 120 Å². The minimum absolute atomic E-state index is 0.0139. The van der Waals surface area contributed by atoms with Gasteiger partial charge in [0.1, 0.15) is 5.82 Å². The molecule has 2 heterocycles. The van der Waals surface area contributed by atoms with Crippen molar-refractivity contribution in [3.8, 4) is 11.4 Å². The summed E-state index contributed by atoms with van der Waals surface area (Å²) in [5.74, 6) is 1.59. The molecule has 106 valence electrons. The number of nitrogens with zero attached hydrogens (tertiary/aromatic N) is 3. The number of anilines is 1. The Hall–Kier alpha value is -1.97. The van der Waals surface area contributed by atoms with E-state index in [4.69, 9.17) is 4.98 Å². The predicted octanol–water partition coefficient (Wildman–Crippen LogP) is 3.58. The fraction of sp³-hybridized carbons (Fsp3) is 0.438. The molecule has 4 nitrogen and oxygen atoms in total. The van der Waals surface area contributed by atoms with E-state index in [1.165, 1.54) is 0 Å². The molecule has 0 amide bonds. The number of nitrogens with one attached hydrogen (secondary N) is 1. The van der Waals surface area contributed by atoms with Gasteiger partial charge >= 0.3 is 0 Å². The maximum absolute atomic E-state index is 4.70. The summed E-state index contributed by atoms with van der Waals surface area (Å²) < 4.78 is 0. The van der Waals surface area contributed by atoms with Crippen molar-refractivity contribution in [1.29, 1.82) is 0 Å². The maximum Gasteiger partial charge on any atom is 0.163 e. The normalized spacial score (nSPS) is 11.4. The zero-order valence-corrected chi connectivity index (χ0v) is 12.9. The van der Waals surface area contributed by atoms with Gasteiger partial charge in [0.15, 0.2) is 5.82 Å². The first-order valence-corrected chi connectivity index (χ1v) is 6.96. The molecular weight excluding hydrogens is 248 g/mol. The van der Waals surface area contributed by atoms with Gasteiger partial charge in [0, 0.05) is 35.5 Å². The molecule has 0 atom stereocenters. The first-order valence-electron chi connectivity index (χ1n) is 6.96. The van der Waals surface area contributed by atoms with Crippen molar-refractivity contribution in [2.45, 2.75) is 40.0 Å². The second kappa shape index (κ2) is 5.57. The van der Waals surface area contributed by atoms with Crippen molar-refractivity contribution in [3.05, 3.63) is 35.8 Å². The minimum Gasteiger partial charge on any atom is -0.370 e. The smallest absolute Gasteiger partial charge is 0.163 e. The van der Waals surface area contributed by atoms with Crippen LogP contribution in [-0.2, 0) is 5.41 Å². The molecule has 0 fully saturated rings. The summed E-state index contributed by atoms with van der Waals surface area (Å²) in [6, 6.07) is 6.02. The van der Waals surface area contributed by atoms with Gasteiger partial charge < -0.3 is 5.32 Å². The van der Waals surface area contributed by atoms with E-state index < -0.39 is 0 Å². The molecule has 2 aromatic rings. The number of hydrogen-bond acceptors (Lipinski definition) is 4. The minimum atomic E-state index is -0.0139. The molecular formula is C16H22N4. The van der Waals surface area contributed by atoms with Gasteiger partial charge in [-0.1, -0.05) is 20.8 Å². The summed E-state index contributed by atoms with van der Waals surface area (Å²) in [7, 11) is 0. The summed E-state index contributed by atoms with van der Waals surface area (Å²) >= 11 is 0. The molecule has 0 spiro atoms. The third-order valence-electron chi connectivity index (χ3n) is 3.02. The molecule has 2 rings (SSSR count). The Balaban J connectivity index is 2.51. The highest BCUT2D eigenvalue weighted by Crippen LogP contribution is 2.25. The van der Waals surface area contributed by atoms with E-state index in [2.05, 4.69) is 43.0 Å². The topological polar surface area (TPSA) is 50.7 Å². The maximum atomic E-state index is 4.70. The van der Waals surface area contributed by atoms with Crippen molar-refractivity contribution in [2.75, 3.05) is 11.9 Å². The fourth-order valence-electron chi connectivity index (χ4n) is 1.83. The second-order valence-electron chi connectivity index (χ2n) is 5.93. The van der Waals surface area contributed by atoms with Gasteiger partial charge in [-0.15, -0.1) is 0 Å². The summed E-state index contributed by atoms with van der Waals surface area (Å²) in [4.78, 5) is 13.6. The van der Waals surface area contributed by atoms with Crippen LogP contribution in [0.1, 0.15) is 39.1 Å². The number of aryl methyl sites for hydroxylation is 1. The van der Waals surface area contributed by atoms with Gasteiger partial charge in [-0.3, -0.25) is 4.98 Å². The average Bonchev–Trinajstić information content (AvgIpc) is 2.38. The van der Waals surface area contributed by atoms with E-state index >= 15 is 0 Å². The lowest BCUT2D eigenvalue weighted by molar-refractivity contribution is 0.568. The summed E-state index contributed by atoms with van der Waals surface area (Å²) in [5.41, 5.74) is 2.95. The van der Waals surface area contributed by atoms with Crippen LogP contribution in [0.2, 0.25) is 0 Å². The third-order valence-corrected chi connectivity index (χ3v) is 3.02. The van der Waals surface area contributed by atoms with Crippen LogP contribution in [0, 0.1) is 6.92 Å². The second-order valence-corrected chi connectivity index (χ2v) is 5.93. The molecule has 0 saturated carbocycles. The number of pyridine rings is 1. The fourth-order valence-corrected chi connectivity index (χ4v) is 1.83. The molecule has 0 aliphatic rings. The van der Waals surface area contributed by atoms with Gasteiger partial charge in [0.25, 0.3) is 0 Å². The quantitative estimate of drug-likeness (QED) is 0.926. The number of aromatic nitrogens is 3. The molecule has 2 aromatic heterocycles. The predicted molar refractivity (Wildman–Crippen MR) is 82.9 cm³/mol. The standard InChI is InChI=1S/C16H22N4/c1-6-17-14-9-13(16(3,4)5)19-15(20-14)12-8-7-11(2)18-10-12/h7-10H,6H2,1-5H3,(H,17,19,20). The lowest BCUT2D eigenvalue weighted by Crippen LogP contribution is -2.16. The Morgan fingerprint density at radius 3 is 2.45 bits per heavy atom. The molecule has 0 bridgehead atoms. The Morgan fingerprint density at radius 1 is 1.15 bits per heavy atom. The van der Waals surface area contributed by atoms with E-state index in [0.29, 0.717) is 0 Å². The van der Waals surface area contributed by atoms with E-state index in [0.717, 1.165) is 35.1 Å². The zero-order chi connectivity index (χ0) is 14.8. The number of rotatable bonds is 3. The highest BCUT2D eigenvalue weighted by molar-refractivity contribution is 5.57. The molecule has 1 N–H and O–H groups in total. The van der Waals surface area contributed by atoms with Crippen LogP contribution in [0.3, 0.4) is 0 Å². The van der Waals surface area contributed by atoms with Crippen molar-refractivity contribution in [3.63, 3.8) is 0 Å². The third kappa shape index (κ3) is 3.32. The van der Waals surface area contributed by atoms with Crippen LogP contribution >= 0.6 is 0 Å². The summed E-state index contributed by atoms with van der Waals surface area (Å²) in [5, 5.41) is 3.27. The Morgan fingerprint density at radius 2 is 1.90 bits per heavy atom. The van der Waals surface area contributed by atoms with Gasteiger partial charge in [-0.05, 0) is 26.0 Å². The van der Waals surface area contributed by atoms with Crippen LogP contribution in [-0.4, -0.2) is 21.5 Å². The van der Waals surface area contributed by atoms with Crippen molar-refractivity contribution < 1.29 is 0 Å². The molecule has 0 saturated heterocycles. The first-order chi connectivity index (χ1) is 9.40. The van der Waals surface area contributed by atoms with Crippen LogP contribution in [0.15, 0.2) is 24.4 Å². The Kier molecular flexibility index (Phi) is 4.02. The van der Waals surface area contributed by atoms with E-state index in [9.17, 15) is 0 Å². The van der Waals surface area contributed by atoms with Crippen LogP contribution < -0.4 is 5.32 Å². The first kappa shape index (κ1) is 14.4. The summed E-state index contributed by atoms with van der Waals surface area (Å²) in [6.07, 6.45) is 1.83. The van der Waals surface area contributed by atoms with Crippen LogP contribution in [0.4, 0.5) is 5.82 Å². The highest BCUT2D eigenvalue weighted by atomic mass is 15.0. The summed E-state index contributed by atoms with van der Waals surface area (Å²) in [6.45, 7) is 11.3. The lowest BCUT2D eigenvalue weighted by atomic mass is 9.92. The molecule has 0 unspecified atom stereocenters. The van der Waals surface area contributed by atoms with Crippen LogP contribution in [0.5, 0.6) is 0 Å². The average molecular weight is 270 g/mol. The van der Waals surface area contributed by atoms with Crippen molar-refractivity contribution in [2.24, 2.45) is 0 Å². The lowest BCUT2D eigenvalue weighted by Gasteiger charge is -2.19.